The molecule has 0 radical (unpaired) electrons. The van der Waals surface area contributed by atoms with E-state index in [2.05, 4.69) is 20.7 Å². The topological polar surface area (TPSA) is 35.5 Å². The summed E-state index contributed by atoms with van der Waals surface area (Å²) in [6.45, 7) is 1.70. The monoisotopic (exact) mass is 310 g/mol. The molecule has 0 spiro atoms. The summed E-state index contributed by atoms with van der Waals surface area (Å²) in [4.78, 5) is 11.0. The Balaban J connectivity index is 2.67. The van der Waals surface area contributed by atoms with Crippen molar-refractivity contribution in [1.82, 2.24) is 0 Å². The SMILES string of the molecule is CCOC(=O)COc1cc(F)c(Cl)cc1Br. The van der Waals surface area contributed by atoms with Crippen LogP contribution in [0.4, 0.5) is 4.39 Å². The summed E-state index contributed by atoms with van der Waals surface area (Å²) >= 11 is 8.69. The fraction of sp³-hybridized carbons (Fsp3) is 0.300. The van der Waals surface area contributed by atoms with Crippen LogP contribution in [0.5, 0.6) is 5.75 Å². The van der Waals surface area contributed by atoms with Crippen LogP contribution < -0.4 is 4.74 Å². The summed E-state index contributed by atoms with van der Waals surface area (Å²) in [7, 11) is 0. The van der Waals surface area contributed by atoms with Crippen molar-refractivity contribution in [3.05, 3.63) is 27.4 Å². The Morgan fingerprint density at radius 2 is 2.25 bits per heavy atom. The minimum atomic E-state index is -0.608. The van der Waals surface area contributed by atoms with E-state index in [1.54, 1.807) is 6.92 Å². The van der Waals surface area contributed by atoms with Gasteiger partial charge in [-0.2, -0.15) is 0 Å². The highest BCUT2D eigenvalue weighted by atomic mass is 79.9. The Labute approximate surface area is 106 Å². The first-order chi connectivity index (χ1) is 7.54. The van der Waals surface area contributed by atoms with Gasteiger partial charge in [-0.05, 0) is 28.9 Å². The van der Waals surface area contributed by atoms with Crippen molar-refractivity contribution in [2.75, 3.05) is 13.2 Å². The van der Waals surface area contributed by atoms with Crippen molar-refractivity contribution in [3.63, 3.8) is 0 Å². The lowest BCUT2D eigenvalue weighted by Crippen LogP contribution is -2.14. The third kappa shape index (κ3) is 3.64. The van der Waals surface area contributed by atoms with E-state index < -0.39 is 11.8 Å². The number of carbonyl (C=O) groups excluding carboxylic acids is 1. The highest BCUT2D eigenvalue weighted by Crippen LogP contribution is 2.30. The van der Waals surface area contributed by atoms with Gasteiger partial charge in [0, 0.05) is 6.07 Å². The highest BCUT2D eigenvalue weighted by molar-refractivity contribution is 9.10. The molecule has 1 aromatic rings. The standard InChI is InChI=1S/C10H9BrClFO3/c1-2-15-10(14)5-16-9-4-8(13)7(12)3-6(9)11/h3-4H,2,5H2,1H3. The van der Waals surface area contributed by atoms with Crippen LogP contribution in [0.25, 0.3) is 0 Å². The third-order valence-electron chi connectivity index (χ3n) is 1.63. The Bertz CT molecular complexity index is 398. The van der Waals surface area contributed by atoms with Gasteiger partial charge < -0.3 is 9.47 Å². The van der Waals surface area contributed by atoms with E-state index in [0.717, 1.165) is 6.07 Å². The van der Waals surface area contributed by atoms with E-state index in [9.17, 15) is 9.18 Å². The van der Waals surface area contributed by atoms with Gasteiger partial charge in [0.25, 0.3) is 0 Å². The second-order valence-corrected chi connectivity index (χ2v) is 4.05. The quantitative estimate of drug-likeness (QED) is 0.633. The number of halogens is 3. The van der Waals surface area contributed by atoms with Gasteiger partial charge in [0.1, 0.15) is 11.6 Å². The molecule has 0 atom stereocenters. The lowest BCUT2D eigenvalue weighted by molar-refractivity contribution is -0.145. The van der Waals surface area contributed by atoms with Crippen LogP contribution >= 0.6 is 27.5 Å². The Kier molecular flexibility index (Phi) is 5.02. The maximum absolute atomic E-state index is 13.1. The van der Waals surface area contributed by atoms with Crippen molar-refractivity contribution in [2.24, 2.45) is 0 Å². The fourth-order valence-electron chi connectivity index (χ4n) is 0.954. The molecule has 0 amide bonds. The summed E-state index contributed by atoms with van der Waals surface area (Å²) < 4.78 is 23.3. The van der Waals surface area contributed by atoms with E-state index >= 15 is 0 Å². The predicted octanol–water partition coefficient (Wildman–Crippen LogP) is 3.18. The molecule has 0 aliphatic carbocycles. The molecule has 6 heteroatoms. The molecule has 3 nitrogen and oxygen atoms in total. The summed E-state index contributed by atoms with van der Waals surface area (Å²) in [5.74, 6) is -0.913. The lowest BCUT2D eigenvalue weighted by Gasteiger charge is -2.08. The Morgan fingerprint density at radius 3 is 2.88 bits per heavy atom. The molecule has 0 bridgehead atoms. The van der Waals surface area contributed by atoms with E-state index in [1.807, 2.05) is 0 Å². The second kappa shape index (κ2) is 6.06. The van der Waals surface area contributed by atoms with Crippen LogP contribution in [0.15, 0.2) is 16.6 Å². The van der Waals surface area contributed by atoms with E-state index in [1.165, 1.54) is 6.07 Å². The number of rotatable bonds is 4. The van der Waals surface area contributed by atoms with E-state index in [0.29, 0.717) is 4.47 Å². The molecule has 0 saturated carbocycles. The molecule has 0 heterocycles. The van der Waals surface area contributed by atoms with Gasteiger partial charge in [-0.3, -0.25) is 0 Å². The van der Waals surface area contributed by atoms with Crippen molar-refractivity contribution in [1.29, 1.82) is 0 Å². The zero-order valence-electron chi connectivity index (χ0n) is 8.43. The number of esters is 1. The van der Waals surface area contributed by atoms with Crippen molar-refractivity contribution in [3.8, 4) is 5.75 Å². The molecule has 0 fully saturated rings. The number of ether oxygens (including phenoxy) is 2. The van der Waals surface area contributed by atoms with Gasteiger partial charge in [-0.15, -0.1) is 0 Å². The number of benzene rings is 1. The molecule has 0 aliphatic heterocycles. The summed E-state index contributed by atoms with van der Waals surface area (Å²) in [5.41, 5.74) is 0. The number of hydrogen-bond acceptors (Lipinski definition) is 3. The molecule has 88 valence electrons. The van der Waals surface area contributed by atoms with Gasteiger partial charge >= 0.3 is 5.97 Å². The van der Waals surface area contributed by atoms with Crippen molar-refractivity contribution >= 4 is 33.5 Å². The molecule has 0 N–H and O–H groups in total. The molecule has 1 rings (SSSR count). The van der Waals surface area contributed by atoms with Crippen LogP contribution in [0, 0.1) is 5.82 Å². The van der Waals surface area contributed by atoms with Gasteiger partial charge in [-0.25, -0.2) is 9.18 Å². The Morgan fingerprint density at radius 1 is 1.56 bits per heavy atom. The molecule has 16 heavy (non-hydrogen) atoms. The van der Waals surface area contributed by atoms with Crippen LogP contribution in [0.3, 0.4) is 0 Å². The first kappa shape index (κ1) is 13.3. The average molecular weight is 312 g/mol. The molecule has 1 aromatic carbocycles. The van der Waals surface area contributed by atoms with Crippen molar-refractivity contribution in [2.45, 2.75) is 6.92 Å². The van der Waals surface area contributed by atoms with E-state index in [4.69, 9.17) is 16.3 Å². The minimum Gasteiger partial charge on any atom is -0.481 e. The molecule has 0 aliphatic rings. The van der Waals surface area contributed by atoms with E-state index in [-0.39, 0.29) is 24.0 Å². The van der Waals surface area contributed by atoms with Crippen LogP contribution in [-0.4, -0.2) is 19.2 Å². The van der Waals surface area contributed by atoms with Gasteiger partial charge in [0.05, 0.1) is 16.1 Å². The fourth-order valence-corrected chi connectivity index (χ4v) is 1.71. The van der Waals surface area contributed by atoms with Gasteiger partial charge in [-0.1, -0.05) is 11.6 Å². The first-order valence-corrected chi connectivity index (χ1v) is 5.64. The maximum atomic E-state index is 13.1. The molecular formula is C10H9BrClFO3. The molecule has 0 saturated heterocycles. The minimum absolute atomic E-state index is 0.0182. The normalized spacial score (nSPS) is 10.0. The summed E-state index contributed by atoms with van der Waals surface area (Å²) in [5, 5.41) is -0.0182. The smallest absolute Gasteiger partial charge is 0.344 e. The first-order valence-electron chi connectivity index (χ1n) is 4.47. The molecular weight excluding hydrogens is 302 g/mol. The largest absolute Gasteiger partial charge is 0.481 e. The highest BCUT2D eigenvalue weighted by Gasteiger charge is 2.10. The van der Waals surface area contributed by atoms with Crippen LogP contribution in [0.2, 0.25) is 5.02 Å². The summed E-state index contributed by atoms with van der Waals surface area (Å²) in [6, 6.07) is 2.46. The summed E-state index contributed by atoms with van der Waals surface area (Å²) in [6.07, 6.45) is 0. The van der Waals surface area contributed by atoms with Crippen LogP contribution in [-0.2, 0) is 9.53 Å². The average Bonchev–Trinajstić information content (AvgIpc) is 2.22. The van der Waals surface area contributed by atoms with Crippen LogP contribution in [0.1, 0.15) is 6.92 Å². The molecule has 0 aromatic heterocycles. The maximum Gasteiger partial charge on any atom is 0.344 e. The number of carbonyl (C=O) groups is 1. The predicted molar refractivity (Wildman–Crippen MR) is 61.2 cm³/mol. The lowest BCUT2D eigenvalue weighted by atomic mass is 10.3. The second-order valence-electron chi connectivity index (χ2n) is 2.79. The van der Waals surface area contributed by atoms with Gasteiger partial charge in [0.15, 0.2) is 6.61 Å². The zero-order chi connectivity index (χ0) is 12.1. The van der Waals surface area contributed by atoms with Gasteiger partial charge in [0.2, 0.25) is 0 Å². The molecule has 0 unspecified atom stereocenters. The Hall–Kier alpha value is -0.810. The third-order valence-corrected chi connectivity index (χ3v) is 2.54. The zero-order valence-corrected chi connectivity index (χ0v) is 10.8. The van der Waals surface area contributed by atoms with Crippen molar-refractivity contribution < 1.29 is 18.7 Å². The number of hydrogen-bond donors (Lipinski definition) is 0.